The summed E-state index contributed by atoms with van der Waals surface area (Å²) in [6.07, 6.45) is 7.57. The first-order valence-electron chi connectivity index (χ1n) is 19.4. The molecule has 348 valence electrons. The third-order valence-electron chi connectivity index (χ3n) is 8.67. The number of amides is 2. The van der Waals surface area contributed by atoms with E-state index in [0.717, 1.165) is 32.1 Å². The molecule has 4 rings (SSSR count). The second-order valence-corrected chi connectivity index (χ2v) is 17.9. The molecule has 2 aromatic heterocycles. The molecule has 62 heavy (non-hydrogen) atoms. The van der Waals surface area contributed by atoms with E-state index in [4.69, 9.17) is 43.9 Å². The Bertz CT molecular complexity index is 1990. The third kappa shape index (κ3) is 19.2. The minimum absolute atomic E-state index is 0.0290. The average molecular weight is 943 g/mol. The monoisotopic (exact) mass is 942 g/mol. The summed E-state index contributed by atoms with van der Waals surface area (Å²) in [5, 5.41) is 16.3. The number of nitrogen functional groups attached to an aromatic ring is 1. The van der Waals surface area contributed by atoms with Crippen LogP contribution in [0.1, 0.15) is 56.7 Å². The van der Waals surface area contributed by atoms with Crippen molar-refractivity contribution in [3.63, 3.8) is 0 Å². The van der Waals surface area contributed by atoms with E-state index >= 15 is 0 Å². The number of nitrogens with one attached hydrogen (secondary N) is 2. The molecule has 9 N–H and O–H groups in total. The molecule has 2 unspecified atom stereocenters. The SMILES string of the molecule is Nc1ncnc2c1c(C#CCNC(=O)CCOCCOCCOCCOCCNC(=O)O[C@H]1CC/C=C/CCC1)cn2[C@H]1C[C@H](O)[C@@H](COP(=O)(O)OP(=O)(O)OP(=O)(O)O)O1. The molecule has 0 aromatic carbocycles. The molecule has 0 bridgehead atoms. The number of ether oxygens (including phenoxy) is 6. The molecule has 1 saturated heterocycles. The fourth-order valence-electron chi connectivity index (χ4n) is 5.89. The second-order valence-electron chi connectivity index (χ2n) is 13.4. The quantitative estimate of drug-likeness (QED) is 0.0303. The molecule has 25 nitrogen and oxygen atoms in total. The standard InChI is InChI=1S/C34H53N6O19P3/c35-32-31-25(22-40(33(31)39-24-38-32)30-21-27(41)28(57-30)23-55-61(47,48)59-62(49,50)58-60(44,45)46)7-6-11-36-29(42)10-13-51-15-17-53-19-20-54-18-16-52-14-12-37-34(43)56-26-8-4-2-1-3-5-9-26/h1-2,22,24,26-28,30,41H,3-5,8-21,23H2,(H,36,42)(H,37,43)(H,47,48)(H,49,50)(H2,35,38,39)(H2,44,45,46)/b2-1+/t26-,27-,28+,30+/m0/s1. The smallest absolute Gasteiger partial charge is 0.446 e. The molecule has 0 radical (unpaired) electrons. The lowest BCUT2D eigenvalue weighted by atomic mass is 10.0. The number of aliphatic hydroxyl groups excluding tert-OH is 1. The molecule has 0 saturated carbocycles. The van der Waals surface area contributed by atoms with Crippen molar-refractivity contribution >= 4 is 52.3 Å². The summed E-state index contributed by atoms with van der Waals surface area (Å²) in [5.74, 6) is 5.48. The molecule has 1 aliphatic heterocycles. The molecule has 3 heterocycles. The van der Waals surface area contributed by atoms with Gasteiger partial charge in [-0.05, 0) is 32.1 Å². The summed E-state index contributed by atoms with van der Waals surface area (Å²) in [5.41, 5.74) is 6.71. The molecule has 1 aliphatic carbocycles. The van der Waals surface area contributed by atoms with Gasteiger partial charge in [0.1, 0.15) is 36.2 Å². The Hall–Kier alpha value is -3.37. The lowest BCUT2D eigenvalue weighted by molar-refractivity contribution is -0.122. The predicted molar refractivity (Wildman–Crippen MR) is 215 cm³/mol. The van der Waals surface area contributed by atoms with Gasteiger partial charge < -0.3 is 74.0 Å². The van der Waals surface area contributed by atoms with Crippen LogP contribution in [0.5, 0.6) is 0 Å². The number of aromatic nitrogens is 3. The van der Waals surface area contributed by atoms with Crippen molar-refractivity contribution in [3.8, 4) is 11.8 Å². The van der Waals surface area contributed by atoms with Crippen molar-refractivity contribution in [1.82, 2.24) is 25.2 Å². The van der Waals surface area contributed by atoms with Crippen LogP contribution in [-0.2, 0) is 60.1 Å². The Morgan fingerprint density at radius 1 is 0.887 bits per heavy atom. The van der Waals surface area contributed by atoms with Crippen LogP contribution in [0.2, 0.25) is 0 Å². The fraction of sp³-hybridized carbons (Fsp3) is 0.647. The highest BCUT2D eigenvalue weighted by atomic mass is 31.3. The Morgan fingerprint density at radius 2 is 1.56 bits per heavy atom. The first-order valence-corrected chi connectivity index (χ1v) is 23.9. The molecule has 0 spiro atoms. The van der Waals surface area contributed by atoms with E-state index < -0.39 is 54.6 Å². The molecule has 1 fully saturated rings. The van der Waals surface area contributed by atoms with Crippen LogP contribution < -0.4 is 16.4 Å². The number of hydrogen-bond acceptors (Lipinski definition) is 18. The van der Waals surface area contributed by atoms with Gasteiger partial charge in [-0.15, -0.1) is 0 Å². The van der Waals surface area contributed by atoms with Crippen LogP contribution in [0.25, 0.3) is 11.0 Å². The van der Waals surface area contributed by atoms with E-state index in [2.05, 4.69) is 57.7 Å². The van der Waals surface area contributed by atoms with Gasteiger partial charge in [-0.25, -0.2) is 28.5 Å². The van der Waals surface area contributed by atoms with Gasteiger partial charge in [0.15, 0.2) is 0 Å². The van der Waals surface area contributed by atoms with Crippen molar-refractivity contribution in [3.05, 3.63) is 30.2 Å². The minimum atomic E-state index is -5.74. The minimum Gasteiger partial charge on any atom is -0.446 e. The molecule has 2 amide bonds. The van der Waals surface area contributed by atoms with Gasteiger partial charge in [0.25, 0.3) is 0 Å². The Balaban J connectivity index is 1.06. The number of phosphoric ester groups is 1. The van der Waals surface area contributed by atoms with Crippen molar-refractivity contribution in [2.45, 2.75) is 69.5 Å². The summed E-state index contributed by atoms with van der Waals surface area (Å²) in [6.45, 7) is 1.96. The first-order chi connectivity index (χ1) is 29.5. The van der Waals surface area contributed by atoms with Gasteiger partial charge >= 0.3 is 29.6 Å². The van der Waals surface area contributed by atoms with E-state index in [1.165, 1.54) is 17.1 Å². The normalized spacial score (nSPS) is 21.8. The van der Waals surface area contributed by atoms with E-state index in [9.17, 15) is 38.2 Å². The van der Waals surface area contributed by atoms with Gasteiger partial charge in [0, 0.05) is 25.6 Å². The van der Waals surface area contributed by atoms with E-state index in [1.807, 2.05) is 0 Å². The summed E-state index contributed by atoms with van der Waals surface area (Å²) in [4.78, 5) is 68.9. The van der Waals surface area contributed by atoms with Crippen LogP contribution >= 0.6 is 23.5 Å². The average Bonchev–Trinajstić information content (AvgIpc) is 3.74. The number of allylic oxidation sites excluding steroid dienone is 2. The van der Waals surface area contributed by atoms with Crippen LogP contribution in [0.4, 0.5) is 10.6 Å². The molecule has 28 heteroatoms. The summed E-state index contributed by atoms with van der Waals surface area (Å²) < 4.78 is 81.1. The largest absolute Gasteiger partial charge is 0.490 e. The first kappa shape index (κ1) is 51.3. The Labute approximate surface area is 356 Å². The summed E-state index contributed by atoms with van der Waals surface area (Å²) >= 11 is 0. The summed E-state index contributed by atoms with van der Waals surface area (Å²) in [6, 6.07) is 0. The number of carbonyl (C=O) groups excluding carboxylic acids is 2. The highest BCUT2D eigenvalue weighted by Crippen LogP contribution is 2.66. The van der Waals surface area contributed by atoms with Crippen molar-refractivity contribution < 1.29 is 89.5 Å². The third-order valence-corrected chi connectivity index (χ3v) is 12.5. The van der Waals surface area contributed by atoms with E-state index in [0.29, 0.717) is 57.1 Å². The number of fused-ring (bicyclic) bond motifs is 1. The molecule has 2 aromatic rings. The molecular weight excluding hydrogens is 889 g/mol. The van der Waals surface area contributed by atoms with E-state index in [1.54, 1.807) is 0 Å². The second kappa shape index (κ2) is 25.8. The molecule has 6 atom stereocenters. The van der Waals surface area contributed by atoms with Crippen LogP contribution in [0.15, 0.2) is 24.7 Å². The van der Waals surface area contributed by atoms with Crippen LogP contribution in [0, 0.1) is 11.8 Å². The van der Waals surface area contributed by atoms with Crippen molar-refractivity contribution in [1.29, 1.82) is 0 Å². The Morgan fingerprint density at radius 3 is 2.27 bits per heavy atom. The van der Waals surface area contributed by atoms with Gasteiger partial charge in [0.2, 0.25) is 5.91 Å². The lowest BCUT2D eigenvalue weighted by Gasteiger charge is -2.19. The van der Waals surface area contributed by atoms with Crippen molar-refractivity contribution in [2.24, 2.45) is 0 Å². The van der Waals surface area contributed by atoms with Gasteiger partial charge in [-0.1, -0.05) is 24.0 Å². The van der Waals surface area contributed by atoms with Gasteiger partial charge in [-0.3, -0.25) is 9.32 Å². The number of rotatable bonds is 25. The topological polar surface area (TPSA) is 350 Å². The number of nitrogens with two attached hydrogens (primary N) is 1. The maximum Gasteiger partial charge on any atom is 0.490 e. The zero-order valence-electron chi connectivity index (χ0n) is 33.6. The zero-order valence-corrected chi connectivity index (χ0v) is 36.2. The number of anilines is 1. The van der Waals surface area contributed by atoms with Crippen molar-refractivity contribution in [2.75, 3.05) is 78.3 Å². The predicted octanol–water partition coefficient (Wildman–Crippen LogP) is 1.54. The number of carbonyl (C=O) groups is 2. The maximum absolute atomic E-state index is 12.3. The van der Waals surface area contributed by atoms with Gasteiger partial charge in [0.05, 0.1) is 83.1 Å². The van der Waals surface area contributed by atoms with Crippen LogP contribution in [0.3, 0.4) is 0 Å². The number of aliphatic hydroxyl groups is 1. The molecule has 2 aliphatic rings. The van der Waals surface area contributed by atoms with Crippen LogP contribution in [-0.4, -0.2) is 142 Å². The molecular formula is C34H53N6O19P3. The van der Waals surface area contributed by atoms with E-state index in [-0.39, 0.29) is 56.1 Å². The summed E-state index contributed by atoms with van der Waals surface area (Å²) in [7, 11) is -16.8. The lowest BCUT2D eigenvalue weighted by Crippen LogP contribution is -2.31. The maximum atomic E-state index is 12.3. The number of phosphoric acid groups is 3. The Kier molecular flexibility index (Phi) is 21.3. The number of alkyl carbamates (subject to hydrolysis) is 1. The highest BCUT2D eigenvalue weighted by molar-refractivity contribution is 7.66. The fourth-order valence-corrected chi connectivity index (χ4v) is 8.92. The number of hydrogen-bond donors (Lipinski definition) is 8. The zero-order chi connectivity index (χ0) is 45.0. The highest BCUT2D eigenvalue weighted by Gasteiger charge is 2.43. The van der Waals surface area contributed by atoms with Gasteiger partial charge in [-0.2, -0.15) is 8.62 Å². The number of nitrogens with zero attached hydrogens (tertiary/aromatic N) is 3.